The molecular weight excluding hydrogens is 282 g/mol. The summed E-state index contributed by atoms with van der Waals surface area (Å²) in [5, 5.41) is 2.96. The van der Waals surface area contributed by atoms with Gasteiger partial charge in [-0.15, -0.1) is 0 Å². The van der Waals surface area contributed by atoms with Crippen molar-refractivity contribution in [1.82, 2.24) is 5.32 Å². The summed E-state index contributed by atoms with van der Waals surface area (Å²) in [7, 11) is 1.46. The van der Waals surface area contributed by atoms with Crippen molar-refractivity contribution in [2.24, 2.45) is 0 Å². The molecule has 1 N–H and O–H groups in total. The normalized spacial score (nSPS) is 12.4. The largest absolute Gasteiger partial charge is 0.496 e. The highest BCUT2D eigenvalue weighted by Crippen LogP contribution is 2.27. The van der Waals surface area contributed by atoms with E-state index in [9.17, 15) is 9.59 Å². The molecule has 0 aromatic heterocycles. The molecule has 0 spiro atoms. The highest BCUT2D eigenvalue weighted by atomic mass is 35.5. The molecule has 0 saturated carbocycles. The molecule has 1 rings (SSSR count). The number of benzene rings is 1. The molecule has 0 heterocycles. The Morgan fingerprint density at radius 2 is 2.05 bits per heavy atom. The molecule has 0 fully saturated rings. The summed E-state index contributed by atoms with van der Waals surface area (Å²) >= 11 is 5.86. The lowest BCUT2D eigenvalue weighted by Gasteiger charge is -2.22. The molecule has 0 aliphatic carbocycles. The van der Waals surface area contributed by atoms with Crippen LogP contribution in [0.2, 0.25) is 5.02 Å². The number of amides is 1. The number of carbonyl (C=O) groups excluding carboxylic acids is 2. The van der Waals surface area contributed by atoms with Crippen LogP contribution in [0.1, 0.15) is 32.4 Å². The Balaban J connectivity index is 2.91. The third kappa shape index (κ3) is 4.74. The van der Waals surface area contributed by atoms with Crippen LogP contribution in [0.4, 0.5) is 4.79 Å². The molecular formula is C14H18ClNO4. The lowest BCUT2D eigenvalue weighted by atomic mass is 10.1. The van der Waals surface area contributed by atoms with Crippen molar-refractivity contribution in [3.63, 3.8) is 0 Å². The van der Waals surface area contributed by atoms with E-state index in [4.69, 9.17) is 21.1 Å². The first kappa shape index (κ1) is 16.3. The molecule has 6 heteroatoms. The first-order valence-corrected chi connectivity index (χ1v) is 6.43. The quantitative estimate of drug-likeness (QED) is 0.868. The van der Waals surface area contributed by atoms with Gasteiger partial charge in [0.2, 0.25) is 0 Å². The molecule has 1 aromatic carbocycles. The highest BCUT2D eigenvalue weighted by molar-refractivity contribution is 6.30. The zero-order valence-corrected chi connectivity index (χ0v) is 12.7. The number of halogens is 1. The van der Waals surface area contributed by atoms with Crippen LogP contribution in [-0.4, -0.2) is 25.1 Å². The number of ether oxygens (including phenoxy) is 2. The van der Waals surface area contributed by atoms with E-state index in [1.807, 2.05) is 0 Å². The average Bonchev–Trinajstić information content (AvgIpc) is 2.34. The van der Waals surface area contributed by atoms with Crippen LogP contribution in [0.25, 0.3) is 0 Å². The maximum atomic E-state index is 11.7. The Morgan fingerprint density at radius 3 is 2.55 bits per heavy atom. The molecule has 5 nitrogen and oxygen atoms in total. The predicted molar refractivity (Wildman–Crippen MR) is 76.2 cm³/mol. The number of carbonyl (C=O) groups is 2. The average molecular weight is 300 g/mol. The highest BCUT2D eigenvalue weighted by Gasteiger charge is 2.22. The van der Waals surface area contributed by atoms with Crippen molar-refractivity contribution < 1.29 is 19.1 Å². The Kier molecular flexibility index (Phi) is 5.39. The first-order chi connectivity index (χ1) is 9.26. The summed E-state index contributed by atoms with van der Waals surface area (Å²) in [5.41, 5.74) is -0.125. The molecule has 0 saturated heterocycles. The minimum atomic E-state index is -0.864. The number of aldehydes is 1. The van der Waals surface area contributed by atoms with E-state index in [-0.39, 0.29) is 0 Å². The van der Waals surface area contributed by atoms with Gasteiger partial charge in [0.1, 0.15) is 23.7 Å². The second-order valence-corrected chi connectivity index (χ2v) is 5.58. The number of hydrogen-bond donors (Lipinski definition) is 1. The van der Waals surface area contributed by atoms with Gasteiger partial charge in [-0.3, -0.25) is 0 Å². The van der Waals surface area contributed by atoms with Crippen LogP contribution in [0.3, 0.4) is 0 Å². The van der Waals surface area contributed by atoms with Gasteiger partial charge < -0.3 is 19.6 Å². The van der Waals surface area contributed by atoms with Gasteiger partial charge in [0.05, 0.1) is 7.11 Å². The predicted octanol–water partition coefficient (Wildman–Crippen LogP) is 3.11. The SMILES string of the molecule is COc1cc(Cl)ccc1C(C=O)NC(=O)OC(C)(C)C. The monoisotopic (exact) mass is 299 g/mol. The third-order valence-electron chi connectivity index (χ3n) is 2.34. The van der Waals surface area contributed by atoms with Gasteiger partial charge in [0.15, 0.2) is 0 Å². The molecule has 1 amide bonds. The number of methoxy groups -OCH3 is 1. The molecule has 0 aliphatic rings. The Labute approximate surface area is 123 Å². The number of alkyl carbamates (subject to hydrolysis) is 1. The lowest BCUT2D eigenvalue weighted by Crippen LogP contribution is -2.35. The van der Waals surface area contributed by atoms with E-state index in [0.29, 0.717) is 22.6 Å². The number of rotatable bonds is 4. The van der Waals surface area contributed by atoms with E-state index < -0.39 is 17.7 Å². The maximum absolute atomic E-state index is 11.7. The van der Waals surface area contributed by atoms with Gasteiger partial charge in [-0.05, 0) is 32.9 Å². The van der Waals surface area contributed by atoms with Gasteiger partial charge in [0.25, 0.3) is 0 Å². The zero-order valence-electron chi connectivity index (χ0n) is 11.9. The lowest BCUT2D eigenvalue weighted by molar-refractivity contribution is -0.109. The molecule has 1 aromatic rings. The minimum Gasteiger partial charge on any atom is -0.496 e. The summed E-state index contributed by atoms with van der Waals surface area (Å²) in [6.07, 6.45) is -0.0676. The minimum absolute atomic E-state index is 0.422. The molecule has 0 bridgehead atoms. The molecule has 1 unspecified atom stereocenters. The summed E-state index contributed by atoms with van der Waals surface area (Å²) in [5.74, 6) is 0.422. The van der Waals surface area contributed by atoms with E-state index in [1.165, 1.54) is 7.11 Å². The van der Waals surface area contributed by atoms with Crippen LogP contribution in [-0.2, 0) is 9.53 Å². The van der Waals surface area contributed by atoms with E-state index >= 15 is 0 Å². The van der Waals surface area contributed by atoms with Gasteiger partial charge in [-0.2, -0.15) is 0 Å². The first-order valence-electron chi connectivity index (χ1n) is 6.05. The van der Waals surface area contributed by atoms with Crippen LogP contribution in [0.15, 0.2) is 18.2 Å². The maximum Gasteiger partial charge on any atom is 0.408 e. The van der Waals surface area contributed by atoms with Crippen molar-refractivity contribution in [2.75, 3.05) is 7.11 Å². The van der Waals surface area contributed by atoms with Crippen LogP contribution >= 0.6 is 11.6 Å². The van der Waals surface area contributed by atoms with Gasteiger partial charge in [0, 0.05) is 10.6 Å². The third-order valence-corrected chi connectivity index (χ3v) is 2.57. The smallest absolute Gasteiger partial charge is 0.408 e. The molecule has 110 valence electrons. The molecule has 0 aliphatic heterocycles. The molecule has 0 radical (unpaired) electrons. The van der Waals surface area contributed by atoms with Crippen LogP contribution in [0.5, 0.6) is 5.75 Å². The van der Waals surface area contributed by atoms with Crippen molar-refractivity contribution in [1.29, 1.82) is 0 Å². The summed E-state index contributed by atoms with van der Waals surface area (Å²) in [4.78, 5) is 22.9. The van der Waals surface area contributed by atoms with Gasteiger partial charge in [-0.1, -0.05) is 17.7 Å². The van der Waals surface area contributed by atoms with E-state index in [2.05, 4.69) is 5.32 Å². The van der Waals surface area contributed by atoms with Gasteiger partial charge >= 0.3 is 6.09 Å². The fourth-order valence-corrected chi connectivity index (χ4v) is 1.72. The van der Waals surface area contributed by atoms with Crippen LogP contribution < -0.4 is 10.1 Å². The van der Waals surface area contributed by atoms with Crippen molar-refractivity contribution in [2.45, 2.75) is 32.4 Å². The standard InChI is InChI=1S/C14H18ClNO4/c1-14(2,3)20-13(18)16-11(8-17)10-6-5-9(15)7-12(10)19-4/h5-8,11H,1-4H3,(H,16,18). The molecule has 1 atom stereocenters. The fourth-order valence-electron chi connectivity index (χ4n) is 1.56. The van der Waals surface area contributed by atoms with Crippen LogP contribution in [0, 0.1) is 0 Å². The second-order valence-electron chi connectivity index (χ2n) is 5.15. The summed E-state index contributed by atoms with van der Waals surface area (Å²) in [6.45, 7) is 5.22. The molecule has 20 heavy (non-hydrogen) atoms. The fraction of sp³-hybridized carbons (Fsp3) is 0.429. The Bertz CT molecular complexity index is 496. The topological polar surface area (TPSA) is 64.6 Å². The zero-order chi connectivity index (χ0) is 15.3. The summed E-state index contributed by atoms with van der Waals surface area (Å²) in [6, 6.07) is 3.95. The van der Waals surface area contributed by atoms with Crippen molar-refractivity contribution in [3.8, 4) is 5.75 Å². The Morgan fingerprint density at radius 1 is 1.40 bits per heavy atom. The van der Waals surface area contributed by atoms with E-state index in [0.717, 1.165) is 0 Å². The van der Waals surface area contributed by atoms with Crippen molar-refractivity contribution >= 4 is 24.0 Å². The number of nitrogens with one attached hydrogen (secondary N) is 1. The summed E-state index contributed by atoms with van der Waals surface area (Å²) < 4.78 is 10.3. The Hall–Kier alpha value is -1.75. The van der Waals surface area contributed by atoms with Crippen molar-refractivity contribution in [3.05, 3.63) is 28.8 Å². The van der Waals surface area contributed by atoms with Gasteiger partial charge in [-0.25, -0.2) is 4.79 Å². The number of hydrogen-bond acceptors (Lipinski definition) is 4. The van der Waals surface area contributed by atoms with E-state index in [1.54, 1.807) is 39.0 Å². The second kappa shape index (κ2) is 6.61.